The van der Waals surface area contributed by atoms with Gasteiger partial charge < -0.3 is 9.80 Å². The molecule has 6 nitrogen and oxygen atoms in total. The van der Waals surface area contributed by atoms with Crippen molar-refractivity contribution < 1.29 is 13.2 Å². The van der Waals surface area contributed by atoms with Crippen LogP contribution in [0.1, 0.15) is 28.8 Å². The van der Waals surface area contributed by atoms with Crippen molar-refractivity contribution in [2.75, 3.05) is 51.2 Å². The van der Waals surface area contributed by atoms with Crippen LogP contribution in [0.15, 0.2) is 35.4 Å². The van der Waals surface area contributed by atoms with Crippen molar-refractivity contribution in [2.45, 2.75) is 38.5 Å². The maximum atomic E-state index is 13.1. The highest BCUT2D eigenvalue weighted by atomic mass is 32.1. The van der Waals surface area contributed by atoms with Crippen molar-refractivity contribution in [1.29, 1.82) is 0 Å². The van der Waals surface area contributed by atoms with Crippen molar-refractivity contribution in [2.24, 2.45) is 0 Å². The first kappa shape index (κ1) is 24.3. The lowest BCUT2D eigenvalue weighted by atomic mass is 10.1. The molecule has 0 radical (unpaired) electrons. The Hall–Kier alpha value is -2.43. The van der Waals surface area contributed by atoms with Gasteiger partial charge in [0.1, 0.15) is 4.83 Å². The Balaban J connectivity index is 1.12. The second-order valence-electron chi connectivity index (χ2n) is 9.50. The summed E-state index contributed by atoms with van der Waals surface area (Å²) >= 11 is 1.64. The number of aromatic nitrogens is 2. The number of anilines is 1. The van der Waals surface area contributed by atoms with E-state index in [9.17, 15) is 18.0 Å². The average molecular weight is 506 g/mol. The second-order valence-corrected chi connectivity index (χ2v) is 10.6. The molecule has 0 amide bonds. The molecule has 1 fully saturated rings. The number of hydrogen-bond donors (Lipinski definition) is 0. The summed E-state index contributed by atoms with van der Waals surface area (Å²) in [6, 6.07) is 5.57. The summed E-state index contributed by atoms with van der Waals surface area (Å²) in [6.45, 7) is 6.47. The number of piperazine rings is 1. The maximum Gasteiger partial charge on any atom is 0.416 e. The Kier molecular flexibility index (Phi) is 6.87. The Bertz CT molecular complexity index is 1250. The molecule has 0 spiro atoms. The van der Waals surface area contributed by atoms with Crippen molar-refractivity contribution >= 4 is 27.2 Å². The number of alkyl halides is 3. The van der Waals surface area contributed by atoms with Crippen LogP contribution in [0.25, 0.3) is 10.2 Å². The fourth-order valence-corrected chi connectivity index (χ4v) is 6.29. The largest absolute Gasteiger partial charge is 0.416 e. The third-order valence-corrected chi connectivity index (χ3v) is 8.18. The second kappa shape index (κ2) is 9.91. The van der Waals surface area contributed by atoms with Gasteiger partial charge in [0, 0.05) is 56.4 Å². The van der Waals surface area contributed by atoms with Crippen LogP contribution in [0, 0.1) is 0 Å². The number of fused-ring (bicyclic) bond motifs is 3. The molecule has 0 bridgehead atoms. The fraction of sp³-hybridized carbons (Fsp3) is 0.520. The lowest BCUT2D eigenvalue weighted by Crippen LogP contribution is -2.46. The van der Waals surface area contributed by atoms with Gasteiger partial charge in [-0.1, -0.05) is 6.07 Å². The average Bonchev–Trinajstić information content (AvgIpc) is 3.21. The molecule has 0 atom stereocenters. The zero-order valence-electron chi connectivity index (χ0n) is 19.9. The first-order valence-corrected chi connectivity index (χ1v) is 12.9. The van der Waals surface area contributed by atoms with Gasteiger partial charge in [-0.15, -0.1) is 11.3 Å². The van der Waals surface area contributed by atoms with Gasteiger partial charge in [0.15, 0.2) is 0 Å². The van der Waals surface area contributed by atoms with Gasteiger partial charge in [0.2, 0.25) is 0 Å². The number of halogens is 3. The van der Waals surface area contributed by atoms with Crippen LogP contribution in [0.5, 0.6) is 0 Å². The van der Waals surface area contributed by atoms with Crippen LogP contribution >= 0.6 is 11.3 Å². The molecule has 3 aromatic rings. The van der Waals surface area contributed by atoms with Gasteiger partial charge in [0.05, 0.1) is 17.3 Å². The van der Waals surface area contributed by atoms with Crippen molar-refractivity contribution in [3.63, 3.8) is 0 Å². The molecule has 10 heteroatoms. The zero-order chi connectivity index (χ0) is 24.6. The predicted octanol–water partition coefficient (Wildman–Crippen LogP) is 4.07. The van der Waals surface area contributed by atoms with E-state index in [-0.39, 0.29) is 5.56 Å². The molecule has 2 aromatic heterocycles. The minimum Gasteiger partial charge on any atom is -0.369 e. The maximum absolute atomic E-state index is 13.1. The van der Waals surface area contributed by atoms with E-state index in [1.165, 1.54) is 22.6 Å². The van der Waals surface area contributed by atoms with E-state index in [4.69, 9.17) is 0 Å². The molecule has 1 aromatic carbocycles. The highest BCUT2D eigenvalue weighted by Gasteiger charge is 2.31. The summed E-state index contributed by atoms with van der Waals surface area (Å²) in [6.07, 6.45) is 0.110. The summed E-state index contributed by atoms with van der Waals surface area (Å²) in [5.41, 5.74) is 1.29. The summed E-state index contributed by atoms with van der Waals surface area (Å²) < 4.78 is 40.8. The minimum absolute atomic E-state index is 0.0757. The molecule has 4 heterocycles. The third kappa shape index (κ3) is 5.24. The van der Waals surface area contributed by atoms with Crippen molar-refractivity contribution in [1.82, 2.24) is 19.4 Å². The van der Waals surface area contributed by atoms with Gasteiger partial charge in [-0.3, -0.25) is 14.3 Å². The number of likely N-dealkylation sites (N-methyl/N-ethyl adjacent to an activating group) is 1. The standard InChI is InChI=1S/C25H30F3N5OS/c1-30-10-7-20-21(16-30)35-23-22(20)24(34)33(17-29-23)9-3-2-8-31-11-13-32(14-12-31)19-6-4-5-18(15-19)25(26,27)28/h4-6,15,17H,2-3,7-14,16H2,1H3. The number of nitrogens with zero attached hydrogens (tertiary/aromatic N) is 5. The number of aryl methyl sites for hydroxylation is 1. The molecule has 2 aliphatic rings. The molecule has 0 unspecified atom stereocenters. The zero-order valence-corrected chi connectivity index (χ0v) is 20.7. The number of unbranched alkanes of at least 4 members (excludes halogenated alkanes) is 1. The van der Waals surface area contributed by atoms with E-state index in [2.05, 4.69) is 21.8 Å². The van der Waals surface area contributed by atoms with Crippen LogP contribution in [0.3, 0.4) is 0 Å². The lowest BCUT2D eigenvalue weighted by Gasteiger charge is -2.36. The quantitative estimate of drug-likeness (QED) is 0.473. The van der Waals surface area contributed by atoms with Crippen LogP contribution in [-0.2, 0) is 25.7 Å². The number of benzene rings is 1. The Morgan fingerprint density at radius 1 is 1.06 bits per heavy atom. The van der Waals surface area contributed by atoms with Crippen molar-refractivity contribution in [3.05, 3.63) is 57.0 Å². The van der Waals surface area contributed by atoms with Gasteiger partial charge in [-0.25, -0.2) is 4.98 Å². The van der Waals surface area contributed by atoms with Crippen LogP contribution < -0.4 is 10.5 Å². The molecule has 0 N–H and O–H groups in total. The smallest absolute Gasteiger partial charge is 0.369 e. The van der Waals surface area contributed by atoms with Crippen LogP contribution in [0.2, 0.25) is 0 Å². The molecule has 0 aliphatic carbocycles. The number of thiophene rings is 1. The molecule has 1 saturated heterocycles. The normalized spacial score (nSPS) is 17.8. The highest BCUT2D eigenvalue weighted by Crippen LogP contribution is 2.33. The van der Waals surface area contributed by atoms with Gasteiger partial charge in [-0.05, 0) is 56.6 Å². The van der Waals surface area contributed by atoms with E-state index < -0.39 is 11.7 Å². The Morgan fingerprint density at radius 3 is 2.60 bits per heavy atom. The number of hydrogen-bond acceptors (Lipinski definition) is 6. The summed E-state index contributed by atoms with van der Waals surface area (Å²) in [5.74, 6) is 0. The molecule has 188 valence electrons. The highest BCUT2D eigenvalue weighted by molar-refractivity contribution is 7.18. The molecular weight excluding hydrogens is 475 g/mol. The third-order valence-electron chi connectivity index (χ3n) is 7.05. The van der Waals surface area contributed by atoms with E-state index in [1.54, 1.807) is 28.3 Å². The Labute approximate surface area is 206 Å². The predicted molar refractivity (Wildman–Crippen MR) is 133 cm³/mol. The summed E-state index contributed by atoms with van der Waals surface area (Å²) in [4.78, 5) is 26.5. The van der Waals surface area contributed by atoms with E-state index in [0.29, 0.717) is 25.3 Å². The van der Waals surface area contributed by atoms with Gasteiger partial charge >= 0.3 is 6.18 Å². The first-order valence-electron chi connectivity index (χ1n) is 12.1. The fourth-order valence-electron chi connectivity index (χ4n) is 5.03. The summed E-state index contributed by atoms with van der Waals surface area (Å²) in [5, 5.41) is 0.811. The lowest BCUT2D eigenvalue weighted by molar-refractivity contribution is -0.137. The summed E-state index contributed by atoms with van der Waals surface area (Å²) in [7, 11) is 2.10. The first-order chi connectivity index (χ1) is 16.8. The molecule has 35 heavy (non-hydrogen) atoms. The van der Waals surface area contributed by atoms with E-state index in [0.717, 1.165) is 68.3 Å². The Morgan fingerprint density at radius 2 is 1.83 bits per heavy atom. The van der Waals surface area contributed by atoms with Gasteiger partial charge in [0.25, 0.3) is 5.56 Å². The van der Waals surface area contributed by atoms with Crippen LogP contribution in [-0.4, -0.2) is 65.7 Å². The van der Waals surface area contributed by atoms with E-state index >= 15 is 0 Å². The number of rotatable bonds is 6. The molecule has 5 rings (SSSR count). The SMILES string of the molecule is CN1CCc2c(sc3ncn(CCCCN4CCN(c5cccc(C(F)(F)F)c5)CC4)c(=O)c23)C1. The molecular formula is C25H30F3N5OS. The topological polar surface area (TPSA) is 44.6 Å². The van der Waals surface area contributed by atoms with Gasteiger partial charge in [-0.2, -0.15) is 13.2 Å². The van der Waals surface area contributed by atoms with Crippen molar-refractivity contribution in [3.8, 4) is 0 Å². The minimum atomic E-state index is -4.32. The molecule has 0 saturated carbocycles. The monoisotopic (exact) mass is 505 g/mol. The van der Waals surface area contributed by atoms with Crippen LogP contribution in [0.4, 0.5) is 18.9 Å². The molecule has 2 aliphatic heterocycles. The van der Waals surface area contributed by atoms with E-state index in [1.807, 2.05) is 4.90 Å².